The number of amides is 1. The third kappa shape index (κ3) is 5.19. The molecule has 0 radical (unpaired) electrons. The fourth-order valence-electron chi connectivity index (χ4n) is 13.4. The van der Waals surface area contributed by atoms with Crippen LogP contribution in [0.25, 0.3) is 10.9 Å². The van der Waals surface area contributed by atoms with E-state index in [1.807, 2.05) is 50.3 Å². The number of carbonyl (C=O) groups is 4. The van der Waals surface area contributed by atoms with Crippen molar-refractivity contribution in [1.82, 2.24) is 14.8 Å². The van der Waals surface area contributed by atoms with E-state index in [4.69, 9.17) is 18.9 Å². The van der Waals surface area contributed by atoms with Crippen LogP contribution >= 0.6 is 0 Å². The predicted octanol–water partition coefficient (Wildman–Crippen LogP) is 3.52. The Labute approximate surface area is 349 Å². The van der Waals surface area contributed by atoms with Crippen molar-refractivity contribution in [3.63, 3.8) is 0 Å². The van der Waals surface area contributed by atoms with Gasteiger partial charge in [-0.1, -0.05) is 44.2 Å². The Bertz CT molecular complexity index is 2310. The summed E-state index contributed by atoms with van der Waals surface area (Å²) in [6.07, 6.45) is 5.83. The van der Waals surface area contributed by atoms with Crippen LogP contribution in [0, 0.1) is 11.3 Å². The van der Waals surface area contributed by atoms with E-state index < -0.39 is 63.5 Å². The maximum Gasteiger partial charge on any atom is 0.344 e. The molecule has 2 bridgehead atoms. The first kappa shape index (κ1) is 40.6. The van der Waals surface area contributed by atoms with Gasteiger partial charge in [0.2, 0.25) is 12.0 Å². The van der Waals surface area contributed by atoms with Gasteiger partial charge in [-0.2, -0.15) is 0 Å². The van der Waals surface area contributed by atoms with Gasteiger partial charge >= 0.3 is 17.9 Å². The summed E-state index contributed by atoms with van der Waals surface area (Å²) in [5.74, 6) is -2.06. The molecule has 5 aliphatic heterocycles. The van der Waals surface area contributed by atoms with Gasteiger partial charge < -0.3 is 39.0 Å². The number of esters is 3. The second-order valence-corrected chi connectivity index (χ2v) is 18.1. The molecule has 1 unspecified atom stereocenters. The smallest absolute Gasteiger partial charge is 0.344 e. The number of H-pyrrole nitrogens is 1. The Kier molecular flexibility index (Phi) is 9.58. The molecule has 6 heterocycles. The number of carbonyl (C=O) groups excluding carboxylic acids is 4. The fraction of sp³-hybridized carbons (Fsp3) is 0.565. The highest BCUT2D eigenvalue weighted by Gasteiger charge is 2.81. The lowest BCUT2D eigenvalue weighted by Crippen LogP contribution is -2.81. The number of piperidine rings is 1. The number of fused-ring (bicyclic) bond motifs is 6. The lowest BCUT2D eigenvalue weighted by Gasteiger charge is -2.63. The quantitative estimate of drug-likeness (QED) is 0.131. The molecule has 3 N–H and O–H groups in total. The van der Waals surface area contributed by atoms with E-state index in [9.17, 15) is 24.6 Å². The van der Waals surface area contributed by atoms with Crippen molar-refractivity contribution >= 4 is 40.9 Å². The number of nitrogens with one attached hydrogen (secondary N) is 1. The normalized spacial score (nSPS) is 36.5. The minimum atomic E-state index is -2.53. The zero-order valence-corrected chi connectivity index (χ0v) is 35.3. The summed E-state index contributed by atoms with van der Waals surface area (Å²) in [7, 11) is 4.09. The molecule has 3 aromatic rings. The zero-order chi connectivity index (χ0) is 42.6. The number of ether oxygens (including phenoxy) is 4. The molecule has 1 amide bonds. The summed E-state index contributed by atoms with van der Waals surface area (Å²) in [6, 6.07) is 9.97. The van der Waals surface area contributed by atoms with Crippen molar-refractivity contribution in [3.05, 3.63) is 70.9 Å². The first-order chi connectivity index (χ1) is 28.8. The zero-order valence-electron chi connectivity index (χ0n) is 35.3. The van der Waals surface area contributed by atoms with Crippen LogP contribution < -0.4 is 9.64 Å². The van der Waals surface area contributed by atoms with E-state index in [1.165, 1.54) is 33.2 Å². The van der Waals surface area contributed by atoms with Gasteiger partial charge in [0, 0.05) is 78.2 Å². The fourth-order valence-corrected chi connectivity index (χ4v) is 13.4. The first-order valence-electron chi connectivity index (χ1n) is 21.3. The van der Waals surface area contributed by atoms with Crippen LogP contribution in [-0.4, -0.2) is 133 Å². The second-order valence-electron chi connectivity index (χ2n) is 18.1. The van der Waals surface area contributed by atoms with Crippen molar-refractivity contribution in [2.45, 2.75) is 99.5 Å². The number of hydrogen-bond acceptors (Lipinski definition) is 12. The third-order valence-electron chi connectivity index (χ3n) is 15.5. The number of hydrogen-bond donors (Lipinski definition) is 3. The number of benzene rings is 2. The second kappa shape index (κ2) is 14.1. The minimum Gasteiger partial charge on any atom is -0.496 e. The van der Waals surface area contributed by atoms with Gasteiger partial charge in [0.25, 0.3) is 0 Å². The molecule has 1 saturated carbocycles. The maximum atomic E-state index is 15.3. The van der Waals surface area contributed by atoms with Crippen molar-refractivity contribution in [2.75, 3.05) is 59.0 Å². The van der Waals surface area contributed by atoms with E-state index in [0.29, 0.717) is 99.5 Å². The molecule has 6 aliphatic rings. The summed E-state index contributed by atoms with van der Waals surface area (Å²) in [5, 5.41) is 26.3. The van der Waals surface area contributed by atoms with Gasteiger partial charge in [0.05, 0.1) is 38.7 Å². The molecule has 60 heavy (non-hydrogen) atoms. The number of aromatic amines is 1. The van der Waals surface area contributed by atoms with Crippen molar-refractivity contribution in [1.29, 1.82) is 0 Å². The third-order valence-corrected chi connectivity index (χ3v) is 15.5. The van der Waals surface area contributed by atoms with Crippen LogP contribution in [0.4, 0.5) is 5.69 Å². The van der Waals surface area contributed by atoms with Gasteiger partial charge in [0.1, 0.15) is 11.2 Å². The van der Waals surface area contributed by atoms with E-state index in [1.54, 1.807) is 6.07 Å². The number of rotatable bonds is 8. The SMILES string of the molecule is CC[C@@]1(O)C[C@H]2CN(CCc3c([nH]c4ccccc34)[C@@](C(=O)OC)(c3cc4c(cc3OC)N(C=O)[C@@H]3[C@@](O)(C(=O)OC)[C@H](OC(C)=O)[C@@]5(CC)C=CCN6CC[C@]43[C@H]65)C2)C1. The highest BCUT2D eigenvalue weighted by Crippen LogP contribution is 2.68. The van der Waals surface area contributed by atoms with Gasteiger partial charge in [-0.05, 0) is 74.2 Å². The molecular weight excluding hydrogens is 769 g/mol. The summed E-state index contributed by atoms with van der Waals surface area (Å²) < 4.78 is 23.7. The molecule has 1 aromatic heterocycles. The summed E-state index contributed by atoms with van der Waals surface area (Å²) in [6.45, 7) is 8.16. The van der Waals surface area contributed by atoms with E-state index in [0.717, 1.165) is 16.5 Å². The molecule has 2 aromatic carbocycles. The van der Waals surface area contributed by atoms with E-state index >= 15 is 4.79 Å². The molecular formula is C46H56N4O10. The molecule has 14 heteroatoms. The van der Waals surface area contributed by atoms with Gasteiger partial charge in [0.15, 0.2) is 6.10 Å². The number of nitrogens with zero attached hydrogens (tertiary/aromatic N) is 3. The number of aliphatic hydroxyl groups is 2. The van der Waals surface area contributed by atoms with E-state index in [-0.39, 0.29) is 12.3 Å². The van der Waals surface area contributed by atoms with Crippen LogP contribution in [0.15, 0.2) is 48.6 Å². The lowest BCUT2D eigenvalue weighted by molar-refractivity contribution is -0.228. The van der Waals surface area contributed by atoms with Crippen molar-refractivity contribution in [3.8, 4) is 5.75 Å². The summed E-state index contributed by atoms with van der Waals surface area (Å²) >= 11 is 0. The van der Waals surface area contributed by atoms with Crippen LogP contribution in [-0.2, 0) is 50.6 Å². The first-order valence-corrected chi connectivity index (χ1v) is 21.3. The maximum absolute atomic E-state index is 15.3. The van der Waals surface area contributed by atoms with Gasteiger partial charge in [-0.15, -0.1) is 0 Å². The van der Waals surface area contributed by atoms with Gasteiger partial charge in [-0.25, -0.2) is 4.79 Å². The largest absolute Gasteiger partial charge is 0.496 e. The Morgan fingerprint density at radius 1 is 0.967 bits per heavy atom. The van der Waals surface area contributed by atoms with Crippen LogP contribution in [0.5, 0.6) is 5.75 Å². The Morgan fingerprint density at radius 2 is 1.73 bits per heavy atom. The Hall–Kier alpha value is -4.76. The molecule has 3 fully saturated rings. The lowest BCUT2D eigenvalue weighted by atomic mass is 9.47. The molecule has 1 aliphatic carbocycles. The van der Waals surface area contributed by atoms with Crippen molar-refractivity contribution < 1.29 is 48.3 Å². The van der Waals surface area contributed by atoms with Crippen LogP contribution in [0.2, 0.25) is 0 Å². The molecule has 14 nitrogen and oxygen atoms in total. The Morgan fingerprint density at radius 3 is 2.42 bits per heavy atom. The molecule has 9 rings (SSSR count). The number of para-hydroxylation sites is 1. The topological polar surface area (TPSA) is 171 Å². The van der Waals surface area contributed by atoms with Crippen LogP contribution in [0.1, 0.15) is 75.3 Å². The highest BCUT2D eigenvalue weighted by atomic mass is 16.6. The molecule has 10 atom stereocenters. The Balaban J connectivity index is 1.38. The monoisotopic (exact) mass is 824 g/mol. The highest BCUT2D eigenvalue weighted by molar-refractivity contribution is 5.96. The van der Waals surface area contributed by atoms with Gasteiger partial charge in [-0.3, -0.25) is 24.2 Å². The minimum absolute atomic E-state index is 0.155. The molecule has 2 saturated heterocycles. The standard InChI is InChI=1S/C46H56N4O10/c1-7-42(55)22-28-23-45(40(53)58-5,36-30(14-18-48(24-28)25-42)29-12-9-10-13-33(29)47-36)32-20-31-34(21-35(32)57-4)50(26-51)38-44(31)16-19-49-17-11-15-43(8-2,37(44)49)39(60-27(3)52)46(38,56)41(54)59-6/h9-13,15,20-21,26,28,37-39,47,55-56H,7-8,14,16-19,22-25H2,1-6H3/t28-,37-,38+,39-,42-,43+,44-,45+,46+/m1/s1. The number of anilines is 1. The molecule has 1 spiro atoms. The summed E-state index contributed by atoms with van der Waals surface area (Å²) in [4.78, 5) is 66.1. The average Bonchev–Trinajstić information content (AvgIpc) is 3.92. The average molecular weight is 825 g/mol. The van der Waals surface area contributed by atoms with E-state index in [2.05, 4.69) is 20.9 Å². The molecule has 320 valence electrons. The number of methoxy groups -OCH3 is 3. The predicted molar refractivity (Wildman–Crippen MR) is 221 cm³/mol. The number of aromatic nitrogens is 1. The summed E-state index contributed by atoms with van der Waals surface area (Å²) in [5.41, 5.74) is -3.15. The van der Waals surface area contributed by atoms with Crippen LogP contribution in [0.3, 0.4) is 0 Å². The van der Waals surface area contributed by atoms with Crippen molar-refractivity contribution in [2.24, 2.45) is 11.3 Å².